The molecule has 2 rings (SSSR count). The Hall–Kier alpha value is -1.93. The van der Waals surface area contributed by atoms with Crippen molar-refractivity contribution >= 4 is 17.0 Å². The van der Waals surface area contributed by atoms with Crippen LogP contribution in [0, 0.1) is 17.1 Å². The van der Waals surface area contributed by atoms with Crippen LogP contribution in [0.15, 0.2) is 29.8 Å². The van der Waals surface area contributed by atoms with Gasteiger partial charge in [0.1, 0.15) is 17.4 Å². The van der Waals surface area contributed by atoms with Gasteiger partial charge < -0.3 is 4.90 Å². The van der Waals surface area contributed by atoms with Gasteiger partial charge in [0, 0.05) is 31.6 Å². The molecular formula is C13H12FN3S. The summed E-state index contributed by atoms with van der Waals surface area (Å²) in [6.45, 7) is 0.700. The number of nitrogens with zero attached hydrogens (tertiary/aromatic N) is 3. The van der Waals surface area contributed by atoms with E-state index in [2.05, 4.69) is 4.98 Å². The van der Waals surface area contributed by atoms with Crippen molar-refractivity contribution in [1.82, 2.24) is 4.98 Å². The fourth-order valence-corrected chi connectivity index (χ4v) is 2.31. The van der Waals surface area contributed by atoms with Crippen LogP contribution in [0.3, 0.4) is 0 Å². The Labute approximate surface area is 109 Å². The zero-order valence-electron chi connectivity index (χ0n) is 9.93. The molecule has 0 aliphatic carbocycles. The van der Waals surface area contributed by atoms with E-state index in [1.54, 1.807) is 29.7 Å². The van der Waals surface area contributed by atoms with Crippen LogP contribution in [-0.4, -0.2) is 18.6 Å². The number of likely N-dealkylation sites (N-methyl/N-ethyl adjacent to an activating group) is 1. The Morgan fingerprint density at radius 3 is 3.00 bits per heavy atom. The molecule has 0 aliphatic heterocycles. The number of aromatic nitrogens is 1. The fraction of sp³-hybridized carbons (Fsp3) is 0.231. The summed E-state index contributed by atoms with van der Waals surface area (Å²) in [7, 11) is 1.85. The van der Waals surface area contributed by atoms with Crippen molar-refractivity contribution in [3.63, 3.8) is 0 Å². The zero-order chi connectivity index (χ0) is 13.0. The molecule has 3 nitrogen and oxygen atoms in total. The highest BCUT2D eigenvalue weighted by molar-refractivity contribution is 7.09. The fourth-order valence-electron chi connectivity index (χ4n) is 1.70. The van der Waals surface area contributed by atoms with Crippen molar-refractivity contribution in [2.45, 2.75) is 6.42 Å². The van der Waals surface area contributed by atoms with E-state index in [4.69, 9.17) is 5.26 Å². The molecular weight excluding hydrogens is 249 g/mol. The first-order chi connectivity index (χ1) is 8.72. The van der Waals surface area contributed by atoms with E-state index in [0.717, 1.165) is 11.4 Å². The lowest BCUT2D eigenvalue weighted by Crippen LogP contribution is -2.21. The minimum absolute atomic E-state index is 0.0964. The van der Waals surface area contributed by atoms with Crippen molar-refractivity contribution < 1.29 is 4.39 Å². The van der Waals surface area contributed by atoms with Crippen molar-refractivity contribution in [2.75, 3.05) is 18.5 Å². The Morgan fingerprint density at radius 1 is 1.50 bits per heavy atom. The highest BCUT2D eigenvalue weighted by atomic mass is 32.1. The summed E-state index contributed by atoms with van der Waals surface area (Å²) in [6.07, 6.45) is 2.55. The van der Waals surface area contributed by atoms with Crippen molar-refractivity contribution in [1.29, 1.82) is 5.26 Å². The van der Waals surface area contributed by atoms with E-state index in [9.17, 15) is 4.39 Å². The molecule has 0 bridgehead atoms. The number of anilines is 1. The average molecular weight is 261 g/mol. The summed E-state index contributed by atoms with van der Waals surface area (Å²) in [5, 5.41) is 11.9. The van der Waals surface area contributed by atoms with Gasteiger partial charge in [-0.25, -0.2) is 9.37 Å². The Kier molecular flexibility index (Phi) is 3.90. The SMILES string of the molecule is CN(CCc1nccs1)c1cccc(F)c1C#N. The Bertz CT molecular complexity index is 560. The molecule has 0 aliphatic rings. The van der Waals surface area contributed by atoms with Crippen molar-refractivity contribution in [3.8, 4) is 6.07 Å². The number of hydrogen-bond acceptors (Lipinski definition) is 4. The largest absolute Gasteiger partial charge is 0.373 e. The summed E-state index contributed by atoms with van der Waals surface area (Å²) in [6, 6.07) is 6.58. The number of nitriles is 1. The zero-order valence-corrected chi connectivity index (χ0v) is 10.7. The second-order valence-corrected chi connectivity index (χ2v) is 4.82. The molecule has 0 atom stereocenters. The van der Waals surface area contributed by atoms with Crippen molar-refractivity contribution in [2.24, 2.45) is 0 Å². The van der Waals surface area contributed by atoms with Gasteiger partial charge in [-0.2, -0.15) is 5.26 Å². The smallest absolute Gasteiger partial charge is 0.143 e. The minimum atomic E-state index is -0.476. The van der Waals surface area contributed by atoms with Gasteiger partial charge in [0.2, 0.25) is 0 Å². The molecule has 0 N–H and O–H groups in total. The Morgan fingerprint density at radius 2 is 2.33 bits per heavy atom. The van der Waals surface area contributed by atoms with Crippen LogP contribution >= 0.6 is 11.3 Å². The second kappa shape index (κ2) is 5.61. The molecule has 0 fully saturated rings. The normalized spacial score (nSPS) is 10.1. The van der Waals surface area contributed by atoms with Crippen LogP contribution in [-0.2, 0) is 6.42 Å². The van der Waals surface area contributed by atoms with Crippen LogP contribution in [0.2, 0.25) is 0 Å². The molecule has 0 amide bonds. The maximum absolute atomic E-state index is 13.5. The van der Waals surface area contributed by atoms with Gasteiger partial charge in [-0.15, -0.1) is 11.3 Å². The maximum atomic E-state index is 13.5. The van der Waals surface area contributed by atoms with Crippen LogP contribution in [0.5, 0.6) is 0 Å². The second-order valence-electron chi connectivity index (χ2n) is 3.84. The van der Waals surface area contributed by atoms with Crippen LogP contribution in [0.25, 0.3) is 0 Å². The Balaban J connectivity index is 2.12. The van der Waals surface area contributed by atoms with Gasteiger partial charge >= 0.3 is 0 Å². The minimum Gasteiger partial charge on any atom is -0.373 e. The lowest BCUT2D eigenvalue weighted by atomic mass is 10.1. The predicted octanol–water partition coefficient (Wildman–Crippen LogP) is 2.83. The molecule has 1 aromatic carbocycles. The molecule has 18 heavy (non-hydrogen) atoms. The number of benzene rings is 1. The lowest BCUT2D eigenvalue weighted by Gasteiger charge is -2.20. The van der Waals surface area contributed by atoms with Gasteiger partial charge in [-0.3, -0.25) is 0 Å². The lowest BCUT2D eigenvalue weighted by molar-refractivity contribution is 0.623. The summed E-state index contributed by atoms with van der Waals surface area (Å²) >= 11 is 1.60. The molecule has 92 valence electrons. The molecule has 0 saturated carbocycles. The predicted molar refractivity (Wildman–Crippen MR) is 70.2 cm³/mol. The van der Waals surface area contributed by atoms with E-state index in [1.165, 1.54) is 6.07 Å². The number of hydrogen-bond donors (Lipinski definition) is 0. The van der Waals surface area contributed by atoms with Gasteiger partial charge in [0.15, 0.2) is 0 Å². The van der Waals surface area contributed by atoms with Crippen LogP contribution in [0.1, 0.15) is 10.6 Å². The average Bonchev–Trinajstić information content (AvgIpc) is 2.88. The van der Waals surface area contributed by atoms with Crippen LogP contribution < -0.4 is 4.90 Å². The van der Waals surface area contributed by atoms with E-state index < -0.39 is 5.82 Å². The quantitative estimate of drug-likeness (QED) is 0.849. The van der Waals surface area contributed by atoms with E-state index in [-0.39, 0.29) is 5.56 Å². The molecule has 0 spiro atoms. The van der Waals surface area contributed by atoms with Crippen LogP contribution in [0.4, 0.5) is 10.1 Å². The summed E-state index contributed by atoms with van der Waals surface area (Å²) in [4.78, 5) is 6.07. The van der Waals surface area contributed by atoms with E-state index in [1.807, 2.05) is 23.4 Å². The maximum Gasteiger partial charge on any atom is 0.143 e. The summed E-state index contributed by atoms with van der Waals surface area (Å²) < 4.78 is 13.5. The molecule has 0 saturated heterocycles. The highest BCUT2D eigenvalue weighted by Gasteiger charge is 2.11. The highest BCUT2D eigenvalue weighted by Crippen LogP contribution is 2.21. The molecule has 0 radical (unpaired) electrons. The number of thiazole rings is 1. The molecule has 5 heteroatoms. The molecule has 2 aromatic rings. The summed E-state index contributed by atoms with van der Waals surface area (Å²) in [5.41, 5.74) is 0.716. The topological polar surface area (TPSA) is 39.9 Å². The first-order valence-electron chi connectivity index (χ1n) is 5.50. The molecule has 1 heterocycles. The van der Waals surface area contributed by atoms with E-state index in [0.29, 0.717) is 12.2 Å². The number of rotatable bonds is 4. The number of halogens is 1. The van der Waals surface area contributed by atoms with Gasteiger partial charge in [0.05, 0.1) is 10.7 Å². The van der Waals surface area contributed by atoms with Gasteiger partial charge in [-0.1, -0.05) is 6.07 Å². The van der Waals surface area contributed by atoms with Gasteiger partial charge in [0.25, 0.3) is 0 Å². The third kappa shape index (κ3) is 2.66. The monoisotopic (exact) mass is 261 g/mol. The van der Waals surface area contributed by atoms with E-state index >= 15 is 0 Å². The standard InChI is InChI=1S/C13H12FN3S/c1-17(7-5-13-16-6-8-18-13)12-4-2-3-11(14)10(12)9-15/h2-4,6,8H,5,7H2,1H3. The third-order valence-electron chi connectivity index (χ3n) is 2.66. The first-order valence-corrected chi connectivity index (χ1v) is 6.38. The first kappa shape index (κ1) is 12.5. The molecule has 0 unspecified atom stereocenters. The third-order valence-corrected chi connectivity index (χ3v) is 3.50. The summed E-state index contributed by atoms with van der Waals surface area (Å²) in [5.74, 6) is -0.476. The molecule has 1 aromatic heterocycles. The van der Waals surface area contributed by atoms with Crippen molar-refractivity contribution in [3.05, 3.63) is 46.2 Å². The van der Waals surface area contributed by atoms with Gasteiger partial charge in [-0.05, 0) is 12.1 Å².